The van der Waals surface area contributed by atoms with Crippen LogP contribution >= 0.6 is 0 Å². The number of allylic oxidation sites excluding steroid dienone is 1. The van der Waals surface area contributed by atoms with E-state index in [0.29, 0.717) is 0 Å². The van der Waals surface area contributed by atoms with E-state index in [0.717, 1.165) is 5.56 Å². The van der Waals surface area contributed by atoms with Gasteiger partial charge in [0.25, 0.3) is 0 Å². The smallest absolute Gasteiger partial charge is 0.243 e. The second-order valence-corrected chi connectivity index (χ2v) is 9.55. The molecule has 25 heavy (non-hydrogen) atoms. The number of fused-ring (bicyclic) bond motifs is 2. The summed E-state index contributed by atoms with van der Waals surface area (Å²) in [5.74, 6) is -0.431. The lowest BCUT2D eigenvalue weighted by molar-refractivity contribution is -0.121. The van der Waals surface area contributed by atoms with Gasteiger partial charge in [-0.3, -0.25) is 4.79 Å². The van der Waals surface area contributed by atoms with Crippen LogP contribution in [-0.4, -0.2) is 42.3 Å². The largest absolute Gasteiger partial charge is 0.361 e. The van der Waals surface area contributed by atoms with E-state index in [9.17, 15) is 13.2 Å². The molecule has 4 aliphatic rings. The number of ketones is 1. The van der Waals surface area contributed by atoms with Crippen molar-refractivity contribution in [2.45, 2.75) is 36.0 Å². The van der Waals surface area contributed by atoms with E-state index in [2.05, 4.69) is 0 Å². The Labute approximate surface area is 147 Å². The zero-order valence-electron chi connectivity index (χ0n) is 14.0. The number of sulfonamides is 1. The second kappa shape index (κ2) is 4.50. The van der Waals surface area contributed by atoms with Gasteiger partial charge in [-0.15, -0.1) is 0 Å². The predicted octanol–water partition coefficient (Wildman–Crippen LogP) is 1.84. The SMILES string of the molecule is Cc1ccc(S(=O)(=O)N2C[C@@]34C=C[C@@H](O3)[C@H]3C(=O)C=C[C@]2(C)[C@H]34)cc1. The number of rotatable bonds is 2. The lowest BCUT2D eigenvalue weighted by Crippen LogP contribution is -2.53. The van der Waals surface area contributed by atoms with E-state index < -0.39 is 21.2 Å². The summed E-state index contributed by atoms with van der Waals surface area (Å²) in [7, 11) is -3.70. The quantitative estimate of drug-likeness (QED) is 0.758. The normalized spacial score (nSPS) is 41.5. The van der Waals surface area contributed by atoms with Gasteiger partial charge in [0.05, 0.1) is 22.5 Å². The maximum absolute atomic E-state index is 13.4. The van der Waals surface area contributed by atoms with Gasteiger partial charge in [0.1, 0.15) is 5.60 Å². The molecule has 3 aliphatic heterocycles. The van der Waals surface area contributed by atoms with Crippen molar-refractivity contribution in [2.75, 3.05) is 6.54 Å². The van der Waals surface area contributed by atoms with E-state index in [1.54, 1.807) is 30.3 Å². The van der Waals surface area contributed by atoms with E-state index in [4.69, 9.17) is 4.74 Å². The van der Waals surface area contributed by atoms with Crippen LogP contribution in [0.2, 0.25) is 0 Å². The Morgan fingerprint density at radius 3 is 2.64 bits per heavy atom. The highest BCUT2D eigenvalue weighted by molar-refractivity contribution is 7.89. The minimum atomic E-state index is -3.70. The van der Waals surface area contributed by atoms with Crippen molar-refractivity contribution in [3.8, 4) is 0 Å². The number of aryl methyl sites for hydroxylation is 1. The molecule has 1 aliphatic carbocycles. The van der Waals surface area contributed by atoms with Gasteiger partial charge in [-0.1, -0.05) is 35.9 Å². The molecule has 2 bridgehead atoms. The molecule has 0 radical (unpaired) electrons. The highest BCUT2D eigenvalue weighted by Crippen LogP contribution is 2.61. The first-order chi connectivity index (χ1) is 11.8. The number of ether oxygens (including phenoxy) is 1. The van der Waals surface area contributed by atoms with E-state index >= 15 is 0 Å². The monoisotopic (exact) mass is 357 g/mol. The molecule has 1 aromatic rings. The summed E-state index contributed by atoms with van der Waals surface area (Å²) >= 11 is 0. The average molecular weight is 357 g/mol. The molecular formula is C19H19NO4S. The molecule has 0 unspecified atom stereocenters. The summed E-state index contributed by atoms with van der Waals surface area (Å²) in [6.45, 7) is 4.08. The molecule has 6 heteroatoms. The van der Waals surface area contributed by atoms with Crippen LogP contribution in [0, 0.1) is 18.8 Å². The van der Waals surface area contributed by atoms with Crippen molar-refractivity contribution in [1.29, 1.82) is 0 Å². The van der Waals surface area contributed by atoms with Crippen molar-refractivity contribution in [3.05, 3.63) is 54.1 Å². The lowest BCUT2D eigenvalue weighted by atomic mass is 9.65. The number of hydrogen-bond donors (Lipinski definition) is 0. The topological polar surface area (TPSA) is 63.7 Å². The zero-order chi connectivity index (χ0) is 17.6. The van der Waals surface area contributed by atoms with Crippen molar-refractivity contribution in [2.24, 2.45) is 11.8 Å². The summed E-state index contributed by atoms with van der Waals surface area (Å²) in [6, 6.07) is 6.89. The van der Waals surface area contributed by atoms with Crippen molar-refractivity contribution >= 4 is 15.8 Å². The minimum Gasteiger partial charge on any atom is -0.361 e. The second-order valence-electron chi connectivity index (χ2n) is 7.69. The summed E-state index contributed by atoms with van der Waals surface area (Å²) in [6.07, 6.45) is 6.95. The first-order valence-electron chi connectivity index (χ1n) is 8.48. The Morgan fingerprint density at radius 1 is 1.20 bits per heavy atom. The van der Waals surface area contributed by atoms with Crippen molar-refractivity contribution in [3.63, 3.8) is 0 Å². The molecule has 0 saturated carbocycles. The summed E-state index contributed by atoms with van der Waals surface area (Å²) in [4.78, 5) is 12.7. The highest BCUT2D eigenvalue weighted by Gasteiger charge is 2.72. The van der Waals surface area contributed by atoms with Crippen LogP contribution in [0.3, 0.4) is 0 Å². The van der Waals surface area contributed by atoms with Gasteiger partial charge < -0.3 is 4.74 Å². The Morgan fingerprint density at radius 2 is 1.92 bits per heavy atom. The Kier molecular flexibility index (Phi) is 2.79. The molecule has 2 saturated heterocycles. The standard InChI is InChI=1S/C19H19NO4S/c1-12-3-5-13(6-4-12)25(22,23)20-11-19-10-8-15(24-19)16-14(21)7-9-18(20,2)17(16)19/h3-10,15-17H,11H2,1-2H3/t15-,16-,17+,18-,19-/m1/s1. The Balaban J connectivity index is 1.67. The van der Waals surface area contributed by atoms with Crippen LogP contribution in [0.4, 0.5) is 0 Å². The number of carbonyl (C=O) groups is 1. The molecule has 130 valence electrons. The molecule has 5 atom stereocenters. The van der Waals surface area contributed by atoms with Gasteiger partial charge in [-0.25, -0.2) is 8.42 Å². The van der Waals surface area contributed by atoms with Gasteiger partial charge in [0.2, 0.25) is 10.0 Å². The molecular weight excluding hydrogens is 338 g/mol. The van der Waals surface area contributed by atoms with Crippen LogP contribution < -0.4 is 0 Å². The predicted molar refractivity (Wildman–Crippen MR) is 91.3 cm³/mol. The fraction of sp³-hybridized carbons (Fsp3) is 0.421. The van der Waals surface area contributed by atoms with Crippen LogP contribution in [-0.2, 0) is 19.6 Å². The van der Waals surface area contributed by atoms with E-state index in [1.807, 2.05) is 26.0 Å². The van der Waals surface area contributed by atoms with Crippen LogP contribution in [0.25, 0.3) is 0 Å². The van der Waals surface area contributed by atoms with Crippen molar-refractivity contribution < 1.29 is 17.9 Å². The third kappa shape index (κ3) is 1.75. The lowest BCUT2D eigenvalue weighted by Gasteiger charge is -2.41. The van der Waals surface area contributed by atoms with Gasteiger partial charge in [0.15, 0.2) is 5.78 Å². The first-order valence-corrected chi connectivity index (χ1v) is 9.92. The van der Waals surface area contributed by atoms with Gasteiger partial charge in [-0.2, -0.15) is 4.31 Å². The van der Waals surface area contributed by atoms with Crippen LogP contribution in [0.1, 0.15) is 12.5 Å². The minimum absolute atomic E-state index is 0.0354. The molecule has 1 spiro atoms. The number of nitrogens with zero attached hydrogens (tertiary/aromatic N) is 1. The summed E-state index contributed by atoms with van der Waals surface area (Å²) < 4.78 is 34.4. The van der Waals surface area contributed by atoms with Gasteiger partial charge in [0, 0.05) is 12.5 Å². The third-order valence-corrected chi connectivity index (χ3v) is 8.21. The number of hydrogen-bond acceptors (Lipinski definition) is 4. The molecule has 3 heterocycles. The molecule has 0 N–H and O–H groups in total. The molecule has 5 rings (SSSR count). The maximum Gasteiger partial charge on any atom is 0.243 e. The van der Waals surface area contributed by atoms with Crippen LogP contribution in [0.5, 0.6) is 0 Å². The third-order valence-electron chi connectivity index (χ3n) is 6.24. The Hall–Kier alpha value is -1.76. The zero-order valence-corrected chi connectivity index (χ0v) is 14.9. The first kappa shape index (κ1) is 15.5. The fourth-order valence-corrected chi connectivity index (χ4v) is 6.90. The van der Waals surface area contributed by atoms with Crippen molar-refractivity contribution in [1.82, 2.24) is 4.31 Å². The Bertz CT molecular complexity index is 948. The summed E-state index contributed by atoms with van der Waals surface area (Å²) in [5, 5.41) is 0. The van der Waals surface area contributed by atoms with E-state index in [1.165, 1.54) is 10.4 Å². The molecule has 0 amide bonds. The molecule has 0 aromatic heterocycles. The summed E-state index contributed by atoms with van der Waals surface area (Å²) in [5.41, 5.74) is -0.445. The van der Waals surface area contributed by atoms with E-state index in [-0.39, 0.29) is 35.2 Å². The van der Waals surface area contributed by atoms with Gasteiger partial charge in [-0.05, 0) is 32.1 Å². The number of benzene rings is 1. The average Bonchev–Trinajstić information content (AvgIpc) is 3.21. The van der Waals surface area contributed by atoms with Crippen LogP contribution in [0.15, 0.2) is 53.5 Å². The molecule has 5 nitrogen and oxygen atoms in total. The number of carbonyl (C=O) groups excluding carboxylic acids is 1. The highest BCUT2D eigenvalue weighted by atomic mass is 32.2. The fourth-order valence-electron chi connectivity index (χ4n) is 5.11. The molecule has 2 fully saturated rings. The van der Waals surface area contributed by atoms with Gasteiger partial charge >= 0.3 is 0 Å². The maximum atomic E-state index is 13.4. The molecule has 1 aromatic carbocycles.